The molecule has 1 atom stereocenters. The van der Waals surface area contributed by atoms with E-state index in [0.29, 0.717) is 23.4 Å². The first-order chi connectivity index (χ1) is 15.9. The molecule has 2 aromatic carbocycles. The molecule has 3 amide bonds. The minimum absolute atomic E-state index is 0.191. The Morgan fingerprint density at radius 1 is 1.09 bits per heavy atom. The Morgan fingerprint density at radius 3 is 2.70 bits per heavy atom. The van der Waals surface area contributed by atoms with E-state index in [-0.39, 0.29) is 23.4 Å². The first kappa shape index (κ1) is 21.6. The van der Waals surface area contributed by atoms with Gasteiger partial charge in [-0.15, -0.1) is 11.3 Å². The Labute approximate surface area is 196 Å². The van der Waals surface area contributed by atoms with Crippen molar-refractivity contribution in [2.45, 2.75) is 32.9 Å². The van der Waals surface area contributed by atoms with Crippen LogP contribution in [0.25, 0.3) is 0 Å². The zero-order chi connectivity index (χ0) is 23.1. The number of thiophene rings is 1. The Morgan fingerprint density at radius 2 is 1.88 bits per heavy atom. The normalized spacial score (nSPS) is 16.5. The Bertz CT molecular complexity index is 1270. The van der Waals surface area contributed by atoms with Crippen molar-refractivity contribution in [2.24, 2.45) is 0 Å². The van der Waals surface area contributed by atoms with Gasteiger partial charge in [-0.25, -0.2) is 4.90 Å². The van der Waals surface area contributed by atoms with Gasteiger partial charge in [-0.2, -0.15) is 0 Å². The van der Waals surface area contributed by atoms with E-state index in [4.69, 9.17) is 0 Å². The van der Waals surface area contributed by atoms with Gasteiger partial charge in [0.1, 0.15) is 0 Å². The number of nitrogens with one attached hydrogen (secondary N) is 1. The van der Waals surface area contributed by atoms with Crippen LogP contribution in [0.4, 0.5) is 5.69 Å². The van der Waals surface area contributed by atoms with Crippen LogP contribution in [0.15, 0.2) is 53.9 Å². The summed E-state index contributed by atoms with van der Waals surface area (Å²) in [5.74, 6) is -0.998. The van der Waals surface area contributed by atoms with Crippen LogP contribution in [0, 0.1) is 6.92 Å². The van der Waals surface area contributed by atoms with E-state index in [9.17, 15) is 14.4 Å². The van der Waals surface area contributed by atoms with E-state index < -0.39 is 5.91 Å². The molecule has 0 saturated heterocycles. The summed E-state index contributed by atoms with van der Waals surface area (Å²) >= 11 is 1.81. The molecule has 0 saturated carbocycles. The van der Waals surface area contributed by atoms with Crippen LogP contribution in [0.5, 0.6) is 0 Å². The number of anilines is 1. The molecule has 3 heterocycles. The highest BCUT2D eigenvalue weighted by atomic mass is 32.1. The predicted octanol–water partition coefficient (Wildman–Crippen LogP) is 4.03. The summed E-state index contributed by atoms with van der Waals surface area (Å²) in [6.07, 6.45) is 1.05. The molecular weight excluding hydrogens is 434 g/mol. The number of aryl methyl sites for hydroxylation is 1. The van der Waals surface area contributed by atoms with Crippen molar-refractivity contribution in [3.05, 3.63) is 86.6 Å². The average Bonchev–Trinajstić information content (AvgIpc) is 3.39. The lowest BCUT2D eigenvalue weighted by molar-refractivity contribution is 0.0920. The number of amides is 3. The van der Waals surface area contributed by atoms with Crippen molar-refractivity contribution < 1.29 is 14.4 Å². The highest BCUT2D eigenvalue weighted by molar-refractivity contribution is 7.10. The third-order valence-electron chi connectivity index (χ3n) is 6.52. The summed E-state index contributed by atoms with van der Waals surface area (Å²) in [5.41, 5.74) is 3.76. The summed E-state index contributed by atoms with van der Waals surface area (Å²) < 4.78 is 0. The third-order valence-corrected chi connectivity index (χ3v) is 7.55. The summed E-state index contributed by atoms with van der Waals surface area (Å²) in [6.45, 7) is 6.37. The maximum Gasteiger partial charge on any atom is 0.266 e. The largest absolute Gasteiger partial charge is 0.350 e. The van der Waals surface area contributed by atoms with Crippen LogP contribution in [-0.2, 0) is 13.0 Å². The SMILES string of the molecule is Cc1ccccc1N1C(=O)c2ccc(C(=O)NCC(C)N3CCc4sccc4C3)cc2C1=O. The number of para-hydroxylation sites is 1. The number of nitrogens with zero attached hydrogens (tertiary/aromatic N) is 2. The zero-order valence-electron chi connectivity index (χ0n) is 18.6. The van der Waals surface area contributed by atoms with Gasteiger partial charge >= 0.3 is 0 Å². The van der Waals surface area contributed by atoms with Crippen molar-refractivity contribution in [2.75, 3.05) is 18.0 Å². The van der Waals surface area contributed by atoms with Crippen molar-refractivity contribution in [1.29, 1.82) is 0 Å². The molecular formula is C26H25N3O3S. The van der Waals surface area contributed by atoms with E-state index in [2.05, 4.69) is 28.6 Å². The fourth-order valence-electron chi connectivity index (χ4n) is 4.53. The number of benzene rings is 2. The van der Waals surface area contributed by atoms with E-state index in [1.807, 2.05) is 30.4 Å². The lowest BCUT2D eigenvalue weighted by Gasteiger charge is -2.32. The molecule has 0 radical (unpaired) electrons. The van der Waals surface area contributed by atoms with Gasteiger partial charge in [0, 0.05) is 36.1 Å². The first-order valence-electron chi connectivity index (χ1n) is 11.1. The molecule has 7 heteroatoms. The Hall–Kier alpha value is -3.29. The van der Waals surface area contributed by atoms with E-state index in [1.165, 1.54) is 21.4 Å². The second-order valence-electron chi connectivity index (χ2n) is 8.64. The summed E-state index contributed by atoms with van der Waals surface area (Å²) in [5, 5.41) is 5.13. The molecule has 168 valence electrons. The highest BCUT2D eigenvalue weighted by Gasteiger charge is 2.37. The number of fused-ring (bicyclic) bond motifs is 2. The van der Waals surface area contributed by atoms with Crippen LogP contribution in [-0.4, -0.2) is 41.8 Å². The molecule has 6 nitrogen and oxygen atoms in total. The van der Waals surface area contributed by atoms with Crippen LogP contribution in [0.3, 0.4) is 0 Å². The number of rotatable bonds is 5. The quantitative estimate of drug-likeness (QED) is 0.585. The fourth-order valence-corrected chi connectivity index (χ4v) is 5.42. The molecule has 33 heavy (non-hydrogen) atoms. The minimum atomic E-state index is -0.396. The van der Waals surface area contributed by atoms with Crippen molar-refractivity contribution in [3.63, 3.8) is 0 Å². The number of hydrogen-bond donors (Lipinski definition) is 1. The van der Waals surface area contributed by atoms with Gasteiger partial charge in [0.15, 0.2) is 0 Å². The number of hydrogen-bond acceptors (Lipinski definition) is 5. The number of carbonyl (C=O) groups is 3. The smallest absolute Gasteiger partial charge is 0.266 e. The zero-order valence-corrected chi connectivity index (χ0v) is 19.4. The second-order valence-corrected chi connectivity index (χ2v) is 9.64. The van der Waals surface area contributed by atoms with Gasteiger partial charge in [-0.3, -0.25) is 19.3 Å². The van der Waals surface area contributed by atoms with Gasteiger partial charge in [0.2, 0.25) is 0 Å². The molecule has 1 N–H and O–H groups in total. The van der Waals surface area contributed by atoms with E-state index in [1.54, 1.807) is 24.3 Å². The summed E-state index contributed by atoms with van der Waals surface area (Å²) in [7, 11) is 0. The van der Waals surface area contributed by atoms with Crippen LogP contribution in [0.2, 0.25) is 0 Å². The lowest BCUT2D eigenvalue weighted by atomic mass is 10.0. The number of imide groups is 1. The summed E-state index contributed by atoms with van der Waals surface area (Å²) in [4.78, 5) is 43.8. The molecule has 0 spiro atoms. The molecule has 5 rings (SSSR count). The standard InChI is InChI=1S/C26H25N3O3S/c1-16-5-3-4-6-22(16)29-25(31)20-8-7-18(13-21(20)26(29)32)24(30)27-14-17(2)28-11-9-23-19(15-28)10-12-33-23/h3-8,10,12-13,17H,9,11,14-15H2,1-2H3,(H,27,30). The average molecular weight is 460 g/mol. The van der Waals surface area contributed by atoms with Gasteiger partial charge in [-0.05, 0) is 67.1 Å². The van der Waals surface area contributed by atoms with Crippen molar-refractivity contribution >= 4 is 34.7 Å². The molecule has 2 aliphatic rings. The molecule has 0 fully saturated rings. The third kappa shape index (κ3) is 3.87. The Balaban J connectivity index is 1.27. The van der Waals surface area contributed by atoms with Gasteiger partial charge < -0.3 is 5.32 Å². The molecule has 1 aromatic heterocycles. The summed E-state index contributed by atoms with van der Waals surface area (Å²) in [6, 6.07) is 14.4. The van der Waals surface area contributed by atoms with Gasteiger partial charge in [0.05, 0.1) is 16.8 Å². The highest BCUT2D eigenvalue weighted by Crippen LogP contribution is 2.31. The van der Waals surface area contributed by atoms with Crippen LogP contribution < -0.4 is 10.2 Å². The maximum absolute atomic E-state index is 13.1. The lowest BCUT2D eigenvalue weighted by Crippen LogP contribution is -2.44. The topological polar surface area (TPSA) is 69.7 Å². The van der Waals surface area contributed by atoms with Crippen molar-refractivity contribution in [3.8, 4) is 0 Å². The van der Waals surface area contributed by atoms with E-state index >= 15 is 0 Å². The maximum atomic E-state index is 13.1. The molecule has 0 bridgehead atoms. The van der Waals surface area contributed by atoms with Gasteiger partial charge in [-0.1, -0.05) is 18.2 Å². The number of carbonyl (C=O) groups excluding carboxylic acids is 3. The molecule has 0 aliphatic carbocycles. The molecule has 1 unspecified atom stereocenters. The molecule has 2 aliphatic heterocycles. The van der Waals surface area contributed by atoms with Crippen LogP contribution in [0.1, 0.15) is 54.0 Å². The van der Waals surface area contributed by atoms with E-state index in [0.717, 1.165) is 25.1 Å². The van der Waals surface area contributed by atoms with Gasteiger partial charge in [0.25, 0.3) is 17.7 Å². The molecule has 3 aromatic rings. The Kier molecular flexibility index (Phi) is 5.60. The minimum Gasteiger partial charge on any atom is -0.350 e. The van der Waals surface area contributed by atoms with Crippen molar-refractivity contribution in [1.82, 2.24) is 10.2 Å². The first-order valence-corrected chi connectivity index (χ1v) is 12.0. The monoisotopic (exact) mass is 459 g/mol. The van der Waals surface area contributed by atoms with Crippen LogP contribution >= 0.6 is 11.3 Å². The fraction of sp³-hybridized carbons (Fsp3) is 0.269. The predicted molar refractivity (Wildman–Crippen MR) is 129 cm³/mol. The second kappa shape index (κ2) is 8.57.